The largest absolute Gasteiger partial charge is 0.481 e. The zero-order valence-corrected chi connectivity index (χ0v) is 38.2. The number of hydrogen-bond donors (Lipinski definition) is 2. The third kappa shape index (κ3) is 41.6. The Morgan fingerprint density at radius 3 is 1.23 bits per heavy atom. The molecule has 10 heteroatoms. The second-order valence-electron chi connectivity index (χ2n) is 17.6. The van der Waals surface area contributed by atoms with Crippen molar-refractivity contribution < 1.29 is 47.5 Å². The predicted molar refractivity (Wildman–Crippen MR) is 235 cm³/mol. The summed E-state index contributed by atoms with van der Waals surface area (Å²) in [7, 11) is 0. The van der Waals surface area contributed by atoms with Crippen LogP contribution in [0, 0.1) is 35.0 Å². The minimum atomic E-state index is -2.34. The van der Waals surface area contributed by atoms with E-state index in [1.165, 1.54) is 64.2 Å². The lowest BCUT2D eigenvalue weighted by molar-refractivity contribution is -0.136. The third-order valence-corrected chi connectivity index (χ3v) is 10.7. The van der Waals surface area contributed by atoms with Crippen LogP contribution in [0.2, 0.25) is 0 Å². The molecule has 0 amide bonds. The first-order valence-electron chi connectivity index (χ1n) is 22.7. The monoisotopic (exact) mass is 827 g/mol. The third-order valence-electron chi connectivity index (χ3n) is 10.7. The van der Waals surface area contributed by atoms with Gasteiger partial charge >= 0.3 is 5.97 Å². The van der Waals surface area contributed by atoms with Gasteiger partial charge in [0, 0.05) is 57.7 Å². The van der Waals surface area contributed by atoms with Crippen molar-refractivity contribution >= 4 is 5.97 Å². The van der Waals surface area contributed by atoms with Crippen LogP contribution < -0.4 is 0 Å². The van der Waals surface area contributed by atoms with Crippen molar-refractivity contribution in [3.63, 3.8) is 0 Å². The van der Waals surface area contributed by atoms with Crippen molar-refractivity contribution in [2.45, 2.75) is 198 Å². The van der Waals surface area contributed by atoms with E-state index in [-0.39, 0.29) is 26.7 Å². The maximum absolute atomic E-state index is 12.4. The van der Waals surface area contributed by atoms with Crippen molar-refractivity contribution in [2.24, 2.45) is 35.0 Å². The first kappa shape index (κ1) is 60.4. The normalized spacial score (nSPS) is 24.4. The fourth-order valence-electron chi connectivity index (χ4n) is 5.45. The molecule has 2 N–H and O–H groups in total. The summed E-state index contributed by atoms with van der Waals surface area (Å²) in [6, 6.07) is 0. The summed E-state index contributed by atoms with van der Waals surface area (Å²) >= 11 is 0. The zero-order chi connectivity index (χ0) is 42.7. The fourth-order valence-corrected chi connectivity index (χ4v) is 5.45. The lowest BCUT2D eigenvalue weighted by Crippen LogP contribution is -2.36. The maximum Gasteiger partial charge on any atom is 0.303 e. The molecule has 0 aromatic rings. The Morgan fingerprint density at radius 1 is 0.632 bits per heavy atom. The number of carboxylic acids is 1. The highest BCUT2D eigenvalue weighted by Crippen LogP contribution is 2.35. The Labute approximate surface area is 351 Å². The highest BCUT2D eigenvalue weighted by molar-refractivity contribution is 5.66. The summed E-state index contributed by atoms with van der Waals surface area (Å²) < 4.78 is 50.3. The molecule has 4 heterocycles. The van der Waals surface area contributed by atoms with Crippen molar-refractivity contribution in [2.75, 3.05) is 66.1 Å². The van der Waals surface area contributed by atoms with Crippen molar-refractivity contribution in [1.82, 2.24) is 0 Å². The van der Waals surface area contributed by atoms with Crippen LogP contribution in [0.4, 0.5) is 8.78 Å². The first-order chi connectivity index (χ1) is 26.5. The van der Waals surface area contributed by atoms with Gasteiger partial charge in [-0.25, -0.2) is 8.78 Å². The van der Waals surface area contributed by atoms with E-state index in [1.54, 1.807) is 6.92 Å². The molecule has 4 saturated heterocycles. The van der Waals surface area contributed by atoms with E-state index in [0.717, 1.165) is 96.0 Å². The summed E-state index contributed by atoms with van der Waals surface area (Å²) in [5.41, 5.74) is 0.500. The number of rotatable bonds is 4. The molecule has 0 radical (unpaired) electrons. The summed E-state index contributed by atoms with van der Waals surface area (Å²) in [5, 5.41) is 15.6. The smallest absolute Gasteiger partial charge is 0.303 e. The van der Waals surface area contributed by atoms with E-state index in [0.29, 0.717) is 36.9 Å². The van der Waals surface area contributed by atoms with E-state index in [4.69, 9.17) is 33.9 Å². The highest BCUT2D eigenvalue weighted by Gasteiger charge is 2.33. The van der Waals surface area contributed by atoms with Crippen molar-refractivity contribution in [3.05, 3.63) is 0 Å². The van der Waals surface area contributed by atoms with Crippen LogP contribution in [-0.2, 0) is 28.5 Å². The van der Waals surface area contributed by atoms with Gasteiger partial charge in [0.2, 0.25) is 5.92 Å². The first-order valence-corrected chi connectivity index (χ1v) is 22.7. The molecule has 7 aliphatic rings. The van der Waals surface area contributed by atoms with Crippen molar-refractivity contribution in [3.8, 4) is 0 Å². The number of halogens is 2. The van der Waals surface area contributed by atoms with Crippen LogP contribution >= 0.6 is 0 Å². The van der Waals surface area contributed by atoms with Crippen LogP contribution in [0.5, 0.6) is 0 Å². The zero-order valence-electron chi connectivity index (χ0n) is 38.2. The molecule has 2 unspecified atom stereocenters. The number of aliphatic hydroxyl groups is 1. The number of hydrogen-bond acceptors (Lipinski definition) is 7. The standard InChI is InChI=1S/C7H12F2.C6H12O2.C6H12O.C6H12.2C5H10O.C5H10.C3H6O2.C3H8O.CH4/c1-6-2-4-7(8,9)5-3-6;1-2-6-5-7-3-4-8-6;1-6-2-4-7-5-3-6;1-2-6-4-3-5-6;1-5(2)3-6-4-5;1-5-2-3-6-4-5;1-5-3-2-4-5;1-2-3(4)5;1-2-3-4;/h6H,2-5H2,1H3;6H,2-5H2,1H3;6H,2-5H2,1H3;6H,2-5H2,1H3;3-4H2,1-2H3;5H,2-4H2,1H3;5H,2-4H2,1H3;2H2,1H3,(H,4,5);4H,2-3H2,1H3;1H4. The molecule has 0 aromatic carbocycles. The van der Waals surface area contributed by atoms with Gasteiger partial charge in [0.05, 0.1) is 39.1 Å². The van der Waals surface area contributed by atoms with Gasteiger partial charge in [0.1, 0.15) is 0 Å². The topological polar surface area (TPSA) is 104 Å². The minimum Gasteiger partial charge on any atom is -0.481 e. The van der Waals surface area contributed by atoms with Gasteiger partial charge in [-0.3, -0.25) is 4.79 Å². The maximum atomic E-state index is 12.4. The fraction of sp³-hybridized carbons (Fsp3) is 0.979. The lowest BCUT2D eigenvalue weighted by atomic mass is 9.84. The molecule has 0 bridgehead atoms. The molecular weight excluding hydrogens is 731 g/mol. The van der Waals surface area contributed by atoms with E-state index in [9.17, 15) is 13.6 Å². The molecule has 2 atom stereocenters. The quantitative estimate of drug-likeness (QED) is 0.289. The van der Waals surface area contributed by atoms with Crippen molar-refractivity contribution in [1.29, 1.82) is 0 Å². The SMILES string of the molecule is C.CC1(C)COC1.CC1CCC(F)(F)CC1.CC1CCC1.CC1CCOC1.CC1CCOCC1.CCC(=O)O.CCC1CCC1.CCC1COCCO1.CCCO. The number of carboxylic acid groups (broad SMARTS) is 1. The predicted octanol–water partition coefficient (Wildman–Crippen LogP) is 12.7. The Bertz CT molecular complexity index is 815. The summed E-state index contributed by atoms with van der Waals surface area (Å²) in [4.78, 5) is 9.37. The van der Waals surface area contributed by atoms with Gasteiger partial charge < -0.3 is 33.9 Å². The number of aliphatic hydroxyl groups excluding tert-OH is 1. The Hall–Kier alpha value is -0.910. The van der Waals surface area contributed by atoms with Crippen LogP contribution in [0.25, 0.3) is 0 Å². The summed E-state index contributed by atoms with van der Waals surface area (Å²) in [6.07, 6.45) is 18.3. The number of alkyl halides is 2. The van der Waals surface area contributed by atoms with Crippen LogP contribution in [0.15, 0.2) is 0 Å². The number of aliphatic carboxylic acids is 1. The Kier molecular flexibility index (Phi) is 41.6. The molecule has 346 valence electrons. The average Bonchev–Trinajstić information content (AvgIpc) is 3.64. The van der Waals surface area contributed by atoms with Gasteiger partial charge in [0.15, 0.2) is 0 Å². The molecule has 7 rings (SSSR count). The molecule has 0 spiro atoms. The van der Waals surface area contributed by atoms with Gasteiger partial charge in [-0.05, 0) is 74.5 Å². The molecule has 57 heavy (non-hydrogen) atoms. The van der Waals surface area contributed by atoms with Gasteiger partial charge in [-0.1, -0.05) is 122 Å². The second kappa shape index (κ2) is 39.2. The van der Waals surface area contributed by atoms with Gasteiger partial charge in [-0.15, -0.1) is 0 Å². The second-order valence-corrected chi connectivity index (χ2v) is 17.6. The van der Waals surface area contributed by atoms with Gasteiger partial charge in [-0.2, -0.15) is 0 Å². The summed E-state index contributed by atoms with van der Waals surface area (Å²) in [6.45, 7) is 29.7. The average molecular weight is 827 g/mol. The van der Waals surface area contributed by atoms with Crippen LogP contribution in [-0.4, -0.2) is 94.3 Å². The molecule has 7 fully saturated rings. The van der Waals surface area contributed by atoms with Crippen LogP contribution in [0.3, 0.4) is 0 Å². The van der Waals surface area contributed by atoms with E-state index >= 15 is 0 Å². The Balaban J connectivity index is -0.000000580. The van der Waals surface area contributed by atoms with E-state index < -0.39 is 11.9 Å². The highest BCUT2D eigenvalue weighted by atomic mass is 19.3. The number of carbonyl (C=O) groups is 1. The summed E-state index contributed by atoms with van der Waals surface area (Å²) in [5.74, 6) is 1.35. The molecule has 4 aliphatic heterocycles. The van der Waals surface area contributed by atoms with E-state index in [1.807, 2.05) is 13.8 Å². The Morgan fingerprint density at radius 2 is 1.07 bits per heavy atom. The van der Waals surface area contributed by atoms with Crippen LogP contribution in [0.1, 0.15) is 186 Å². The van der Waals surface area contributed by atoms with Gasteiger partial charge in [0.25, 0.3) is 0 Å². The molecule has 3 aliphatic carbocycles. The molecule has 3 saturated carbocycles. The minimum absolute atomic E-state index is 0. The number of ether oxygens (including phenoxy) is 5. The lowest BCUT2D eigenvalue weighted by Gasteiger charge is -2.33. The molecule has 8 nitrogen and oxygen atoms in total. The molecule has 0 aromatic heterocycles. The van der Waals surface area contributed by atoms with E-state index in [2.05, 4.69) is 48.5 Å². The molecular formula is C47H96F2O8.